The zero-order chi connectivity index (χ0) is 11.7. The summed E-state index contributed by atoms with van der Waals surface area (Å²) in [6, 6.07) is 0. The third kappa shape index (κ3) is 11.7. The lowest BCUT2D eigenvalue weighted by atomic mass is 10.1. The second kappa shape index (κ2) is 7.98. The molecular formula is C13H24OS. The number of allylic oxidation sites excluding steroid dienone is 1. The van der Waals surface area contributed by atoms with Crippen LogP contribution in [0.5, 0.6) is 0 Å². The maximum absolute atomic E-state index is 11.5. The minimum Gasteiger partial charge on any atom is -0.299 e. The number of thioether (sulfide) groups is 1. The fraction of sp³-hybridized carbons (Fsp3) is 0.769. The molecule has 0 saturated heterocycles. The first-order valence-corrected chi connectivity index (χ1v) is 6.71. The molecule has 0 saturated carbocycles. The van der Waals surface area contributed by atoms with Gasteiger partial charge in [-0.25, -0.2) is 0 Å². The zero-order valence-corrected chi connectivity index (χ0v) is 11.2. The van der Waals surface area contributed by atoms with Gasteiger partial charge in [-0.05, 0) is 19.3 Å². The molecule has 0 aliphatic carbocycles. The average Bonchev–Trinajstić information content (AvgIpc) is 2.13. The minimum absolute atomic E-state index is 0.207. The van der Waals surface area contributed by atoms with Gasteiger partial charge in [-0.15, -0.1) is 18.3 Å². The van der Waals surface area contributed by atoms with Crippen molar-refractivity contribution in [1.29, 1.82) is 0 Å². The molecule has 0 amide bonds. The van der Waals surface area contributed by atoms with E-state index in [1.807, 2.05) is 6.08 Å². The van der Waals surface area contributed by atoms with Crippen molar-refractivity contribution in [2.75, 3.05) is 5.75 Å². The van der Waals surface area contributed by atoms with E-state index in [1.165, 1.54) is 6.42 Å². The summed E-state index contributed by atoms with van der Waals surface area (Å²) in [7, 11) is 0. The first kappa shape index (κ1) is 14.8. The monoisotopic (exact) mass is 228 g/mol. The molecule has 0 aliphatic rings. The largest absolute Gasteiger partial charge is 0.299 e. The summed E-state index contributed by atoms with van der Waals surface area (Å²) in [6.07, 6.45) is 7.13. The number of carbonyl (C=O) groups is 1. The summed E-state index contributed by atoms with van der Waals surface area (Å²) in [5.74, 6) is 1.07. The summed E-state index contributed by atoms with van der Waals surface area (Å²) in [6.45, 7) is 10.1. The molecule has 2 heteroatoms. The van der Waals surface area contributed by atoms with Crippen LogP contribution in [0.25, 0.3) is 0 Å². The van der Waals surface area contributed by atoms with Gasteiger partial charge >= 0.3 is 0 Å². The van der Waals surface area contributed by atoms with Crippen LogP contribution in [-0.4, -0.2) is 16.3 Å². The van der Waals surface area contributed by atoms with Gasteiger partial charge < -0.3 is 0 Å². The number of unbranched alkanes of at least 4 members (excludes halogenated alkanes) is 3. The van der Waals surface area contributed by atoms with Crippen molar-refractivity contribution < 1.29 is 4.79 Å². The number of hydrogen-bond donors (Lipinski definition) is 0. The van der Waals surface area contributed by atoms with Crippen molar-refractivity contribution in [2.24, 2.45) is 0 Å². The molecule has 0 aromatic rings. The highest BCUT2D eigenvalue weighted by Crippen LogP contribution is 2.23. The first-order chi connectivity index (χ1) is 6.95. The molecule has 88 valence electrons. The van der Waals surface area contributed by atoms with Gasteiger partial charge in [0.05, 0.1) is 5.75 Å². The molecule has 0 heterocycles. The van der Waals surface area contributed by atoms with Gasteiger partial charge in [-0.3, -0.25) is 4.79 Å². The van der Waals surface area contributed by atoms with Gasteiger partial charge in [0.1, 0.15) is 5.78 Å². The molecule has 0 spiro atoms. The van der Waals surface area contributed by atoms with Crippen LogP contribution in [0.4, 0.5) is 0 Å². The van der Waals surface area contributed by atoms with Crippen LogP contribution in [0.1, 0.15) is 52.9 Å². The second-order valence-electron chi connectivity index (χ2n) is 4.83. The van der Waals surface area contributed by atoms with E-state index >= 15 is 0 Å². The minimum atomic E-state index is 0.207. The molecule has 0 rings (SSSR count). The summed E-state index contributed by atoms with van der Waals surface area (Å²) in [5.41, 5.74) is 0. The topological polar surface area (TPSA) is 17.1 Å². The van der Waals surface area contributed by atoms with Gasteiger partial charge in [0.25, 0.3) is 0 Å². The Labute approximate surface area is 98.7 Å². The Morgan fingerprint density at radius 1 is 1.27 bits per heavy atom. The Kier molecular flexibility index (Phi) is 7.85. The fourth-order valence-corrected chi connectivity index (χ4v) is 1.90. The van der Waals surface area contributed by atoms with Crippen LogP contribution in [0, 0.1) is 0 Å². The van der Waals surface area contributed by atoms with Gasteiger partial charge in [-0.1, -0.05) is 33.3 Å². The smallest absolute Gasteiger partial charge is 0.142 e. The Morgan fingerprint density at radius 2 is 1.93 bits per heavy atom. The standard InChI is InChI=1S/C13H24OS/c1-5-6-7-8-9-10-12(14)11-15-13(2,3)4/h5H,1,6-11H2,2-4H3. The van der Waals surface area contributed by atoms with E-state index in [9.17, 15) is 4.79 Å². The summed E-state index contributed by atoms with van der Waals surface area (Å²) < 4.78 is 0.207. The molecular weight excluding hydrogens is 204 g/mol. The van der Waals surface area contributed by atoms with Crippen LogP contribution < -0.4 is 0 Å². The van der Waals surface area contributed by atoms with Crippen molar-refractivity contribution in [3.63, 3.8) is 0 Å². The quantitative estimate of drug-likeness (QED) is 0.457. The number of carbonyl (C=O) groups excluding carboxylic acids is 1. The molecule has 0 aliphatic heterocycles. The van der Waals surface area contributed by atoms with Crippen molar-refractivity contribution >= 4 is 17.5 Å². The predicted molar refractivity (Wildman–Crippen MR) is 70.5 cm³/mol. The molecule has 0 unspecified atom stereocenters. The number of ketones is 1. The average molecular weight is 228 g/mol. The number of hydrogen-bond acceptors (Lipinski definition) is 2. The van der Waals surface area contributed by atoms with E-state index in [2.05, 4.69) is 27.4 Å². The summed E-state index contributed by atoms with van der Waals surface area (Å²) in [5, 5.41) is 0. The lowest BCUT2D eigenvalue weighted by molar-refractivity contribution is -0.116. The van der Waals surface area contributed by atoms with E-state index in [1.54, 1.807) is 11.8 Å². The maximum Gasteiger partial charge on any atom is 0.142 e. The van der Waals surface area contributed by atoms with Crippen LogP contribution in [-0.2, 0) is 4.79 Å². The predicted octanol–water partition coefficient (Wildman–Crippen LogP) is 4.22. The van der Waals surface area contributed by atoms with Crippen molar-refractivity contribution in [2.45, 2.75) is 57.6 Å². The Hall–Kier alpha value is -0.240. The zero-order valence-electron chi connectivity index (χ0n) is 10.3. The molecule has 0 atom stereocenters. The van der Waals surface area contributed by atoms with Crippen LogP contribution in [0.3, 0.4) is 0 Å². The molecule has 15 heavy (non-hydrogen) atoms. The van der Waals surface area contributed by atoms with Gasteiger partial charge in [-0.2, -0.15) is 0 Å². The van der Waals surface area contributed by atoms with Crippen LogP contribution in [0.2, 0.25) is 0 Å². The lowest BCUT2D eigenvalue weighted by Gasteiger charge is -2.16. The van der Waals surface area contributed by atoms with E-state index < -0.39 is 0 Å². The van der Waals surface area contributed by atoms with Gasteiger partial charge in [0.2, 0.25) is 0 Å². The highest BCUT2D eigenvalue weighted by molar-refractivity contribution is 8.01. The Morgan fingerprint density at radius 3 is 2.47 bits per heavy atom. The van der Waals surface area contributed by atoms with E-state index in [4.69, 9.17) is 0 Å². The fourth-order valence-electron chi connectivity index (χ4n) is 1.16. The molecule has 0 N–H and O–H groups in total. The molecule has 0 fully saturated rings. The Balaban J connectivity index is 3.38. The molecule has 0 radical (unpaired) electrons. The molecule has 0 aromatic heterocycles. The second-order valence-corrected chi connectivity index (χ2v) is 6.63. The van der Waals surface area contributed by atoms with Gasteiger partial charge in [0, 0.05) is 11.2 Å². The maximum atomic E-state index is 11.5. The lowest BCUT2D eigenvalue weighted by Crippen LogP contribution is -2.12. The Bertz CT molecular complexity index is 191. The first-order valence-electron chi connectivity index (χ1n) is 5.72. The number of Topliss-reactive ketones (excluding diaryl/α,β-unsaturated/α-hetero) is 1. The third-order valence-corrected chi connectivity index (χ3v) is 3.36. The SMILES string of the molecule is C=CCCCCCC(=O)CSC(C)(C)C. The highest BCUT2D eigenvalue weighted by atomic mass is 32.2. The van der Waals surface area contributed by atoms with E-state index in [-0.39, 0.29) is 4.75 Å². The van der Waals surface area contributed by atoms with Crippen molar-refractivity contribution in [1.82, 2.24) is 0 Å². The number of rotatable bonds is 8. The van der Waals surface area contributed by atoms with E-state index in [0.717, 1.165) is 25.7 Å². The molecule has 0 bridgehead atoms. The van der Waals surface area contributed by atoms with Crippen molar-refractivity contribution in [3.05, 3.63) is 12.7 Å². The van der Waals surface area contributed by atoms with Crippen molar-refractivity contribution in [3.8, 4) is 0 Å². The van der Waals surface area contributed by atoms with Crippen LogP contribution in [0.15, 0.2) is 12.7 Å². The molecule has 0 aromatic carbocycles. The third-order valence-electron chi connectivity index (χ3n) is 2.03. The normalized spacial score (nSPS) is 11.4. The summed E-state index contributed by atoms with van der Waals surface area (Å²) in [4.78, 5) is 11.5. The summed E-state index contributed by atoms with van der Waals surface area (Å²) >= 11 is 1.74. The molecule has 1 nitrogen and oxygen atoms in total. The van der Waals surface area contributed by atoms with E-state index in [0.29, 0.717) is 11.5 Å². The van der Waals surface area contributed by atoms with Gasteiger partial charge in [0.15, 0.2) is 0 Å². The van der Waals surface area contributed by atoms with Crippen LogP contribution >= 0.6 is 11.8 Å². The highest BCUT2D eigenvalue weighted by Gasteiger charge is 2.12.